The lowest BCUT2D eigenvalue weighted by molar-refractivity contribution is -0.908. The van der Waals surface area contributed by atoms with Crippen molar-refractivity contribution < 1.29 is 19.0 Å². The van der Waals surface area contributed by atoms with Crippen molar-refractivity contribution in [1.29, 1.82) is 0 Å². The van der Waals surface area contributed by atoms with Crippen LogP contribution in [0.4, 0.5) is 11.4 Å². The van der Waals surface area contributed by atoms with Crippen molar-refractivity contribution in [2.24, 2.45) is 0 Å². The quantitative estimate of drug-likeness (QED) is 0.344. The molecule has 3 rings (SSSR count). The Morgan fingerprint density at radius 3 is 2.75 bits per heavy atom. The fraction of sp³-hybridized carbons (Fsp3) is 0.438. The molecule has 0 unspecified atom stereocenters. The number of para-hydroxylation sites is 1. The van der Waals surface area contributed by atoms with E-state index in [2.05, 4.69) is 5.32 Å². The van der Waals surface area contributed by atoms with E-state index in [-0.39, 0.29) is 5.69 Å². The van der Waals surface area contributed by atoms with Crippen LogP contribution in [0.1, 0.15) is 6.42 Å². The minimum absolute atomic E-state index is 0.240. The maximum Gasteiger partial charge on any atom is 0.417 e. The maximum atomic E-state index is 11.9. The van der Waals surface area contributed by atoms with E-state index in [9.17, 15) is 14.9 Å². The average Bonchev–Trinajstić information content (AvgIpc) is 2.58. The van der Waals surface area contributed by atoms with Gasteiger partial charge in [0.25, 0.3) is 0 Å². The van der Waals surface area contributed by atoms with E-state index in [4.69, 9.17) is 9.15 Å². The van der Waals surface area contributed by atoms with Crippen molar-refractivity contribution in [1.82, 2.24) is 0 Å². The molecule has 0 aliphatic carbocycles. The zero-order chi connectivity index (χ0) is 16.9. The number of hydrogen-bond donors (Lipinski definition) is 2. The summed E-state index contributed by atoms with van der Waals surface area (Å²) in [5, 5.41) is 14.9. The second-order valence-electron chi connectivity index (χ2n) is 5.76. The lowest BCUT2D eigenvalue weighted by Crippen LogP contribution is -3.14. The molecule has 0 amide bonds. The van der Waals surface area contributed by atoms with Crippen molar-refractivity contribution in [2.75, 3.05) is 44.7 Å². The number of rotatable bonds is 6. The number of benzene rings is 1. The number of fused-ring (bicyclic) bond motifs is 1. The highest BCUT2D eigenvalue weighted by molar-refractivity contribution is 5.94. The van der Waals surface area contributed by atoms with E-state index in [0.717, 1.165) is 39.3 Å². The molecule has 1 saturated heterocycles. The van der Waals surface area contributed by atoms with Crippen molar-refractivity contribution in [3.05, 3.63) is 44.8 Å². The molecule has 8 heteroatoms. The Hall–Kier alpha value is -2.45. The number of hydrogen-bond acceptors (Lipinski definition) is 6. The second-order valence-corrected chi connectivity index (χ2v) is 5.76. The van der Waals surface area contributed by atoms with Gasteiger partial charge < -0.3 is 19.4 Å². The van der Waals surface area contributed by atoms with Gasteiger partial charge in [0.05, 0.1) is 24.7 Å². The molecule has 0 spiro atoms. The summed E-state index contributed by atoms with van der Waals surface area (Å²) in [6, 6.07) is 6.82. The van der Waals surface area contributed by atoms with Gasteiger partial charge in [-0.3, -0.25) is 10.1 Å². The van der Waals surface area contributed by atoms with Gasteiger partial charge in [0.2, 0.25) is 0 Å². The van der Waals surface area contributed by atoms with Crippen molar-refractivity contribution in [3.8, 4) is 0 Å². The molecular weight excluding hydrogens is 314 g/mol. The van der Waals surface area contributed by atoms with E-state index < -0.39 is 16.2 Å². The first kappa shape index (κ1) is 16.4. The van der Waals surface area contributed by atoms with Gasteiger partial charge >= 0.3 is 11.3 Å². The molecule has 1 aliphatic heterocycles. The SMILES string of the molecule is O=c1oc2ccccc2c(NCCC[NH+]2CCOCC2)c1[N+](=O)[O-]. The molecule has 128 valence electrons. The van der Waals surface area contributed by atoms with Gasteiger partial charge in [-0.25, -0.2) is 4.79 Å². The molecule has 0 saturated carbocycles. The van der Waals surface area contributed by atoms with Crippen LogP contribution in [0.5, 0.6) is 0 Å². The first-order chi connectivity index (χ1) is 11.7. The maximum absolute atomic E-state index is 11.9. The molecule has 1 aliphatic rings. The van der Waals surface area contributed by atoms with Gasteiger partial charge in [0.1, 0.15) is 24.4 Å². The van der Waals surface area contributed by atoms with E-state index in [1.165, 1.54) is 4.90 Å². The number of quaternary nitrogens is 1. The molecule has 8 nitrogen and oxygen atoms in total. The average molecular weight is 334 g/mol. The Morgan fingerprint density at radius 1 is 1.25 bits per heavy atom. The predicted octanol–water partition coefficient (Wildman–Crippen LogP) is 0.418. The molecule has 2 heterocycles. The number of nitrogens with zero attached hydrogens (tertiary/aromatic N) is 1. The first-order valence-electron chi connectivity index (χ1n) is 8.02. The van der Waals surface area contributed by atoms with Crippen LogP contribution in [-0.4, -0.2) is 44.3 Å². The van der Waals surface area contributed by atoms with Crippen molar-refractivity contribution in [2.45, 2.75) is 6.42 Å². The summed E-state index contributed by atoms with van der Waals surface area (Å²) in [6.07, 6.45) is 0.848. The van der Waals surface area contributed by atoms with Crippen LogP contribution in [0.25, 0.3) is 11.0 Å². The molecule has 24 heavy (non-hydrogen) atoms. The van der Waals surface area contributed by atoms with Crippen LogP contribution in [0.15, 0.2) is 33.5 Å². The topological polar surface area (TPSA) is 99.0 Å². The summed E-state index contributed by atoms with van der Waals surface area (Å²) < 4.78 is 10.4. The Labute approximate surface area is 138 Å². The third kappa shape index (κ3) is 3.55. The van der Waals surface area contributed by atoms with Gasteiger partial charge in [-0.2, -0.15) is 0 Å². The molecule has 2 N–H and O–H groups in total. The number of morpholine rings is 1. The van der Waals surface area contributed by atoms with Crippen LogP contribution in [0.3, 0.4) is 0 Å². The minimum atomic E-state index is -0.931. The summed E-state index contributed by atoms with van der Waals surface area (Å²) in [5.41, 5.74) is -0.884. The Morgan fingerprint density at radius 2 is 2.00 bits per heavy atom. The Kier molecular flexibility index (Phi) is 5.07. The smallest absolute Gasteiger partial charge is 0.417 e. The number of nitrogens with one attached hydrogen (secondary N) is 2. The third-order valence-corrected chi connectivity index (χ3v) is 4.18. The van der Waals surface area contributed by atoms with E-state index in [0.29, 0.717) is 17.5 Å². The highest BCUT2D eigenvalue weighted by atomic mass is 16.6. The molecule has 1 fully saturated rings. The molecule has 0 bridgehead atoms. The normalized spacial score (nSPS) is 15.5. The summed E-state index contributed by atoms with van der Waals surface area (Å²) in [5.74, 6) is 0. The second kappa shape index (κ2) is 7.41. The highest BCUT2D eigenvalue weighted by Crippen LogP contribution is 2.29. The monoisotopic (exact) mass is 334 g/mol. The van der Waals surface area contributed by atoms with Crippen LogP contribution < -0.4 is 15.8 Å². The lowest BCUT2D eigenvalue weighted by atomic mass is 10.2. The van der Waals surface area contributed by atoms with Crippen molar-refractivity contribution in [3.63, 3.8) is 0 Å². The summed E-state index contributed by atoms with van der Waals surface area (Å²) >= 11 is 0. The van der Waals surface area contributed by atoms with E-state index in [1.807, 2.05) is 0 Å². The summed E-state index contributed by atoms with van der Waals surface area (Å²) in [7, 11) is 0. The number of ether oxygens (including phenoxy) is 1. The fourth-order valence-corrected chi connectivity index (χ4v) is 2.95. The standard InChI is InChI=1S/C16H19N3O5/c20-16-15(19(21)22)14(12-4-1-2-5-13(12)24-16)17-6-3-7-18-8-10-23-11-9-18/h1-2,4-5,17H,3,6-11H2/p+1. The molecule has 0 radical (unpaired) electrons. The molecule has 1 aromatic carbocycles. The Balaban J connectivity index is 1.75. The Bertz CT molecular complexity index is 783. The van der Waals surface area contributed by atoms with Gasteiger partial charge in [-0.1, -0.05) is 12.1 Å². The number of nitro groups is 1. The number of anilines is 1. The highest BCUT2D eigenvalue weighted by Gasteiger charge is 2.24. The van der Waals surface area contributed by atoms with Gasteiger partial charge in [-0.05, 0) is 12.1 Å². The summed E-state index contributed by atoms with van der Waals surface area (Å²) in [6.45, 7) is 5.04. The lowest BCUT2D eigenvalue weighted by Gasteiger charge is -2.23. The van der Waals surface area contributed by atoms with Crippen LogP contribution in [-0.2, 0) is 4.74 Å². The van der Waals surface area contributed by atoms with Crippen molar-refractivity contribution >= 4 is 22.3 Å². The minimum Gasteiger partial charge on any atom is -0.418 e. The van der Waals surface area contributed by atoms with Crippen LogP contribution in [0.2, 0.25) is 0 Å². The van der Waals surface area contributed by atoms with Crippen LogP contribution in [0, 0.1) is 10.1 Å². The molecule has 1 aromatic heterocycles. The van der Waals surface area contributed by atoms with E-state index >= 15 is 0 Å². The zero-order valence-electron chi connectivity index (χ0n) is 13.2. The molecular formula is C16H20N3O5+. The summed E-state index contributed by atoms with van der Waals surface area (Å²) in [4.78, 5) is 23.9. The molecule has 0 atom stereocenters. The zero-order valence-corrected chi connectivity index (χ0v) is 13.2. The van der Waals surface area contributed by atoms with Gasteiger partial charge in [0.15, 0.2) is 0 Å². The third-order valence-electron chi connectivity index (χ3n) is 4.18. The first-order valence-corrected chi connectivity index (χ1v) is 8.02. The fourth-order valence-electron chi connectivity index (χ4n) is 2.95. The largest absolute Gasteiger partial charge is 0.418 e. The molecule has 2 aromatic rings. The van der Waals surface area contributed by atoms with Gasteiger partial charge in [0, 0.05) is 18.4 Å². The predicted molar refractivity (Wildman–Crippen MR) is 88.6 cm³/mol. The van der Waals surface area contributed by atoms with Gasteiger partial charge in [-0.15, -0.1) is 0 Å². The van der Waals surface area contributed by atoms with E-state index in [1.54, 1.807) is 24.3 Å². The van der Waals surface area contributed by atoms with Crippen LogP contribution >= 0.6 is 0 Å².